The van der Waals surface area contributed by atoms with E-state index in [1.807, 2.05) is 24.3 Å². The van der Waals surface area contributed by atoms with Crippen LogP contribution in [0.15, 0.2) is 72.8 Å². The smallest absolute Gasteiger partial charge is 0.306 e. The fraction of sp³-hybridized carbons (Fsp3) is 0.333. The summed E-state index contributed by atoms with van der Waals surface area (Å²) in [7, 11) is 3.06. The summed E-state index contributed by atoms with van der Waals surface area (Å²) in [6, 6.07) is 22.3. The highest BCUT2D eigenvalue weighted by Crippen LogP contribution is 2.42. The van der Waals surface area contributed by atoms with Crippen LogP contribution in [0.4, 0.5) is 11.4 Å². The lowest BCUT2D eigenvalue weighted by molar-refractivity contribution is -0.140. The molecule has 0 fully saturated rings. The predicted octanol–water partition coefficient (Wildman–Crippen LogP) is 3.63. The van der Waals surface area contributed by atoms with Gasteiger partial charge in [-0.1, -0.05) is 24.3 Å². The van der Waals surface area contributed by atoms with Gasteiger partial charge >= 0.3 is 11.9 Å². The molecule has 6 N–H and O–H groups in total. The number of aliphatic carboxylic acids is 2. The Morgan fingerprint density at radius 2 is 1.05 bits per heavy atom. The van der Waals surface area contributed by atoms with Crippen molar-refractivity contribution in [2.45, 2.75) is 51.0 Å². The molecular formula is C42H46N4O10. The first-order valence-electron chi connectivity index (χ1n) is 18.4. The summed E-state index contributed by atoms with van der Waals surface area (Å²) in [4.78, 5) is 53.4. The number of fused-ring (bicyclic) bond motifs is 2. The van der Waals surface area contributed by atoms with Crippen LogP contribution in [-0.4, -0.2) is 96.8 Å². The van der Waals surface area contributed by atoms with Gasteiger partial charge in [-0.2, -0.15) is 0 Å². The molecule has 2 amide bonds. The summed E-state index contributed by atoms with van der Waals surface area (Å²) in [5.41, 5.74) is 8.07. The number of aliphatic hydroxyl groups excluding tert-OH is 2. The fourth-order valence-corrected chi connectivity index (χ4v) is 7.50. The van der Waals surface area contributed by atoms with Gasteiger partial charge in [-0.25, -0.2) is 0 Å². The van der Waals surface area contributed by atoms with Gasteiger partial charge in [-0.05, 0) is 83.6 Å². The number of rotatable bonds is 17. The monoisotopic (exact) mass is 766 g/mol. The van der Waals surface area contributed by atoms with E-state index in [4.69, 9.17) is 19.7 Å². The molecule has 2 atom stereocenters. The Labute approximate surface area is 324 Å². The van der Waals surface area contributed by atoms with Gasteiger partial charge in [0.25, 0.3) is 11.8 Å². The maximum Gasteiger partial charge on any atom is 0.306 e. The van der Waals surface area contributed by atoms with E-state index in [0.717, 1.165) is 33.6 Å². The zero-order valence-electron chi connectivity index (χ0n) is 31.3. The largest absolute Gasteiger partial charge is 0.496 e. The third-order valence-corrected chi connectivity index (χ3v) is 10.1. The lowest BCUT2D eigenvalue weighted by atomic mass is 9.93. The zero-order valence-corrected chi connectivity index (χ0v) is 31.3. The van der Waals surface area contributed by atoms with Crippen molar-refractivity contribution in [1.82, 2.24) is 10.6 Å². The topological polar surface area (TPSA) is 198 Å². The van der Waals surface area contributed by atoms with Gasteiger partial charge in [0.15, 0.2) is 0 Å². The van der Waals surface area contributed by atoms with Gasteiger partial charge in [0.2, 0.25) is 0 Å². The van der Waals surface area contributed by atoms with Crippen molar-refractivity contribution in [3.8, 4) is 22.6 Å². The summed E-state index contributed by atoms with van der Waals surface area (Å²) in [5.74, 6) is -1.40. The number of aliphatic hydroxyl groups is 2. The Morgan fingerprint density at radius 1 is 0.643 bits per heavy atom. The molecule has 4 aromatic carbocycles. The van der Waals surface area contributed by atoms with Crippen LogP contribution in [0.2, 0.25) is 0 Å². The Balaban J connectivity index is 1.20. The molecule has 6 rings (SSSR count). The molecule has 56 heavy (non-hydrogen) atoms. The number of anilines is 2. The van der Waals surface area contributed by atoms with Crippen molar-refractivity contribution in [1.29, 1.82) is 0 Å². The standard InChI is InChI=1S/C42H46N4O10/c1-55-37-11-9-25(17-27(37)21-43-23-29(47)19-39(49)50)41(53)45-15-13-33-31(5-3-7-35(33)45)32-6-4-8-36-34(32)14-16-46(36)42(54)26-10-12-38(56-2)28(18-26)22-44-24-30(48)20-40(51)52/h3-12,17-18,29-30,43-44,47-48H,13-16,19-24H2,1-2H3,(H,49,50)(H,51,52)/t29-,30-/m0/s1. The van der Waals surface area contributed by atoms with Gasteiger partial charge < -0.3 is 50.3 Å². The van der Waals surface area contributed by atoms with Crippen molar-refractivity contribution >= 4 is 35.1 Å². The van der Waals surface area contributed by atoms with Gasteiger partial charge in [0, 0.05) is 72.9 Å². The van der Waals surface area contributed by atoms with E-state index in [0.29, 0.717) is 59.7 Å². The second-order valence-corrected chi connectivity index (χ2v) is 13.8. The van der Waals surface area contributed by atoms with Gasteiger partial charge in [-0.3, -0.25) is 19.2 Å². The molecule has 0 radical (unpaired) electrons. The maximum atomic E-state index is 14.0. The number of nitrogens with zero attached hydrogens (tertiary/aromatic N) is 2. The fourth-order valence-electron chi connectivity index (χ4n) is 7.50. The summed E-state index contributed by atoms with van der Waals surface area (Å²) in [5, 5.41) is 43.8. The van der Waals surface area contributed by atoms with E-state index in [1.165, 1.54) is 14.2 Å². The van der Waals surface area contributed by atoms with E-state index in [9.17, 15) is 29.4 Å². The van der Waals surface area contributed by atoms with Crippen LogP contribution in [0, 0.1) is 0 Å². The first-order valence-corrected chi connectivity index (χ1v) is 18.4. The predicted molar refractivity (Wildman–Crippen MR) is 209 cm³/mol. The summed E-state index contributed by atoms with van der Waals surface area (Å²) in [6.45, 7) is 1.63. The van der Waals surface area contributed by atoms with Crippen LogP contribution < -0.4 is 29.9 Å². The lowest BCUT2D eigenvalue weighted by Gasteiger charge is -2.21. The normalized spacial score (nSPS) is 14.2. The van der Waals surface area contributed by atoms with Gasteiger partial charge in [0.05, 0.1) is 39.3 Å². The maximum absolute atomic E-state index is 14.0. The van der Waals surface area contributed by atoms with Gasteiger partial charge in [0.1, 0.15) is 11.5 Å². The second kappa shape index (κ2) is 17.8. The summed E-state index contributed by atoms with van der Waals surface area (Å²) >= 11 is 0. The highest BCUT2D eigenvalue weighted by molar-refractivity contribution is 6.09. The quantitative estimate of drug-likeness (QED) is 0.0915. The number of carbonyl (C=O) groups is 4. The number of nitrogens with one attached hydrogen (secondary N) is 2. The molecule has 0 spiro atoms. The Kier molecular flexibility index (Phi) is 12.7. The minimum atomic E-state index is -1.09. The molecule has 0 saturated carbocycles. The molecule has 294 valence electrons. The van der Waals surface area contributed by atoms with Crippen molar-refractivity contribution in [2.24, 2.45) is 0 Å². The number of carbonyl (C=O) groups excluding carboxylic acids is 2. The second-order valence-electron chi connectivity index (χ2n) is 13.8. The first kappa shape index (κ1) is 39.9. The Morgan fingerprint density at radius 3 is 1.43 bits per heavy atom. The average Bonchev–Trinajstić information content (AvgIpc) is 3.82. The Bertz CT molecular complexity index is 1970. The molecule has 14 nitrogen and oxygen atoms in total. The number of hydrogen-bond acceptors (Lipinski definition) is 10. The highest BCUT2D eigenvalue weighted by atomic mass is 16.5. The van der Waals surface area contributed by atoms with Crippen molar-refractivity contribution in [3.63, 3.8) is 0 Å². The number of carboxylic acid groups (broad SMARTS) is 2. The van der Waals surface area contributed by atoms with Crippen molar-refractivity contribution in [3.05, 3.63) is 106 Å². The minimum Gasteiger partial charge on any atom is -0.496 e. The summed E-state index contributed by atoms with van der Waals surface area (Å²) < 4.78 is 11.0. The van der Waals surface area contributed by atoms with Crippen LogP contribution in [0.3, 0.4) is 0 Å². The summed E-state index contributed by atoms with van der Waals surface area (Å²) in [6.07, 6.45) is -1.57. The van der Waals surface area contributed by atoms with E-state index in [1.54, 1.807) is 46.2 Å². The van der Waals surface area contributed by atoms with Crippen LogP contribution in [-0.2, 0) is 35.5 Å². The lowest BCUT2D eigenvalue weighted by Crippen LogP contribution is -2.30. The SMILES string of the molecule is COc1ccc(C(=O)N2CCc3c(-c4cccc5c4CCN5C(=O)c4ccc(OC)c(CNC[C@@H](O)CC(=O)O)c4)cccc32)cc1CNC[C@@H](O)CC(=O)O. The molecule has 2 aliphatic rings. The van der Waals surface area contributed by atoms with E-state index in [-0.39, 0.29) is 50.8 Å². The Hall–Kier alpha value is -5.80. The molecule has 4 aromatic rings. The highest BCUT2D eigenvalue weighted by Gasteiger charge is 2.32. The number of benzene rings is 4. The number of ether oxygens (including phenoxy) is 2. The van der Waals surface area contributed by atoms with Crippen molar-refractivity contribution in [2.75, 3.05) is 50.2 Å². The van der Waals surface area contributed by atoms with Crippen LogP contribution in [0.5, 0.6) is 11.5 Å². The van der Waals surface area contributed by atoms with Crippen molar-refractivity contribution < 1.29 is 49.1 Å². The van der Waals surface area contributed by atoms with E-state index < -0.39 is 24.1 Å². The van der Waals surface area contributed by atoms with Crippen LogP contribution in [0.1, 0.15) is 55.8 Å². The number of hydrogen-bond donors (Lipinski definition) is 6. The first-order chi connectivity index (χ1) is 27.0. The molecule has 0 aliphatic carbocycles. The van der Waals surface area contributed by atoms with Gasteiger partial charge in [-0.15, -0.1) is 0 Å². The molecule has 0 bridgehead atoms. The number of amides is 2. The third-order valence-electron chi connectivity index (χ3n) is 10.1. The third kappa shape index (κ3) is 8.84. The molecular weight excluding hydrogens is 720 g/mol. The number of carboxylic acids is 2. The number of methoxy groups -OCH3 is 2. The van der Waals surface area contributed by atoms with Crippen LogP contribution in [0.25, 0.3) is 11.1 Å². The van der Waals surface area contributed by atoms with Crippen LogP contribution >= 0.6 is 0 Å². The molecule has 2 heterocycles. The van der Waals surface area contributed by atoms with E-state index >= 15 is 0 Å². The minimum absolute atomic E-state index is 0.0659. The average molecular weight is 767 g/mol. The molecule has 2 aliphatic heterocycles. The zero-order chi connectivity index (χ0) is 39.9. The molecule has 0 unspecified atom stereocenters. The molecule has 0 saturated heterocycles. The molecule has 0 aromatic heterocycles. The molecule has 14 heteroatoms. The van der Waals surface area contributed by atoms with E-state index in [2.05, 4.69) is 22.8 Å².